The van der Waals surface area contributed by atoms with E-state index in [0.29, 0.717) is 12.5 Å². The second-order valence-corrected chi connectivity index (χ2v) is 5.51. The second kappa shape index (κ2) is 7.07. The van der Waals surface area contributed by atoms with Gasteiger partial charge in [0.05, 0.1) is 0 Å². The van der Waals surface area contributed by atoms with Gasteiger partial charge in [0.15, 0.2) is 0 Å². The smallest absolute Gasteiger partial charge is 0.234 e. The molecule has 0 radical (unpaired) electrons. The van der Waals surface area contributed by atoms with Gasteiger partial charge < -0.3 is 10.2 Å². The van der Waals surface area contributed by atoms with Gasteiger partial charge in [-0.2, -0.15) is 0 Å². The van der Waals surface area contributed by atoms with E-state index in [4.69, 9.17) is 0 Å². The Morgan fingerprint density at radius 1 is 1.28 bits per heavy atom. The van der Waals surface area contributed by atoms with Crippen LogP contribution in [0.1, 0.15) is 32.1 Å². The van der Waals surface area contributed by atoms with E-state index in [9.17, 15) is 4.79 Å². The Hall–Kier alpha value is -0.650. The molecule has 0 aromatic carbocycles. The SMILES string of the molecule is CN1CCN(NC(=O)CCC2CCCCN2)CC1. The number of likely N-dealkylation sites (N-methyl/N-ethyl adjacent to an activating group) is 1. The third kappa shape index (κ3) is 4.55. The van der Waals surface area contributed by atoms with Crippen molar-refractivity contribution in [2.24, 2.45) is 0 Å². The zero-order valence-corrected chi connectivity index (χ0v) is 11.5. The lowest BCUT2D eigenvalue weighted by Gasteiger charge is -2.32. The summed E-state index contributed by atoms with van der Waals surface area (Å²) in [6.45, 7) is 5.05. The van der Waals surface area contributed by atoms with E-state index >= 15 is 0 Å². The normalized spacial score (nSPS) is 27.1. The van der Waals surface area contributed by atoms with Gasteiger partial charge in [0.2, 0.25) is 5.91 Å². The minimum absolute atomic E-state index is 0.173. The number of nitrogens with zero attached hydrogens (tertiary/aromatic N) is 2. The van der Waals surface area contributed by atoms with Crippen LogP contribution in [0.15, 0.2) is 0 Å². The highest BCUT2D eigenvalue weighted by molar-refractivity contribution is 5.75. The predicted octanol–water partition coefficient (Wildman–Crippen LogP) is 0.187. The summed E-state index contributed by atoms with van der Waals surface area (Å²) in [7, 11) is 2.12. The molecule has 2 aliphatic heterocycles. The average molecular weight is 254 g/mol. The molecule has 2 rings (SSSR count). The van der Waals surface area contributed by atoms with Crippen molar-refractivity contribution in [2.75, 3.05) is 39.8 Å². The van der Waals surface area contributed by atoms with Crippen molar-refractivity contribution in [1.29, 1.82) is 0 Å². The van der Waals surface area contributed by atoms with E-state index in [2.05, 4.69) is 27.7 Å². The summed E-state index contributed by atoms with van der Waals surface area (Å²) in [5.41, 5.74) is 3.02. The highest BCUT2D eigenvalue weighted by Gasteiger charge is 2.17. The molecule has 0 saturated carbocycles. The Balaban J connectivity index is 1.59. The van der Waals surface area contributed by atoms with Gasteiger partial charge in [-0.3, -0.25) is 10.2 Å². The minimum Gasteiger partial charge on any atom is -0.314 e. The van der Waals surface area contributed by atoms with E-state index in [-0.39, 0.29) is 5.91 Å². The van der Waals surface area contributed by atoms with Crippen molar-refractivity contribution in [1.82, 2.24) is 20.7 Å². The largest absolute Gasteiger partial charge is 0.314 e. The standard InChI is InChI=1S/C13H26N4O/c1-16-8-10-17(11-9-16)15-13(18)6-5-12-4-2-3-7-14-12/h12,14H,2-11H2,1H3,(H,15,18). The number of carbonyl (C=O) groups is 1. The first-order valence-electron chi connectivity index (χ1n) is 7.20. The van der Waals surface area contributed by atoms with Crippen LogP contribution >= 0.6 is 0 Å². The maximum atomic E-state index is 11.8. The van der Waals surface area contributed by atoms with E-state index in [1.807, 2.05) is 0 Å². The summed E-state index contributed by atoms with van der Waals surface area (Å²) in [6.07, 6.45) is 5.42. The number of amides is 1. The first-order valence-corrected chi connectivity index (χ1v) is 7.20. The zero-order chi connectivity index (χ0) is 12.8. The fourth-order valence-corrected chi connectivity index (χ4v) is 2.63. The molecular formula is C13H26N4O. The topological polar surface area (TPSA) is 47.6 Å². The van der Waals surface area contributed by atoms with Crippen LogP contribution in [0.5, 0.6) is 0 Å². The Morgan fingerprint density at radius 2 is 2.06 bits per heavy atom. The number of carbonyl (C=O) groups excluding carboxylic acids is 1. The number of piperidine rings is 1. The van der Waals surface area contributed by atoms with Gasteiger partial charge in [-0.25, -0.2) is 5.01 Å². The van der Waals surface area contributed by atoms with Crippen LogP contribution < -0.4 is 10.7 Å². The molecule has 0 spiro atoms. The molecule has 1 amide bonds. The summed E-state index contributed by atoms with van der Waals surface area (Å²) >= 11 is 0. The van der Waals surface area contributed by atoms with Crippen molar-refractivity contribution >= 4 is 5.91 Å². The fourth-order valence-electron chi connectivity index (χ4n) is 2.63. The van der Waals surface area contributed by atoms with Crippen LogP contribution in [0.4, 0.5) is 0 Å². The van der Waals surface area contributed by atoms with Gasteiger partial charge in [-0.05, 0) is 32.9 Å². The Bertz CT molecular complexity index is 258. The van der Waals surface area contributed by atoms with Crippen LogP contribution in [0.25, 0.3) is 0 Å². The quantitative estimate of drug-likeness (QED) is 0.752. The molecule has 1 atom stereocenters. The summed E-state index contributed by atoms with van der Waals surface area (Å²) in [6, 6.07) is 0.553. The van der Waals surface area contributed by atoms with Crippen molar-refractivity contribution in [3.63, 3.8) is 0 Å². The van der Waals surface area contributed by atoms with Crippen LogP contribution in [-0.2, 0) is 4.79 Å². The average Bonchev–Trinajstić information content (AvgIpc) is 2.40. The molecule has 2 aliphatic rings. The molecule has 0 bridgehead atoms. The van der Waals surface area contributed by atoms with E-state index < -0.39 is 0 Å². The highest BCUT2D eigenvalue weighted by Crippen LogP contribution is 2.11. The predicted molar refractivity (Wildman–Crippen MR) is 72.1 cm³/mol. The first kappa shape index (κ1) is 13.8. The Morgan fingerprint density at radius 3 is 2.72 bits per heavy atom. The Kier molecular flexibility index (Phi) is 5.41. The first-order chi connectivity index (χ1) is 8.74. The lowest BCUT2D eigenvalue weighted by atomic mass is 10.0. The lowest BCUT2D eigenvalue weighted by molar-refractivity contribution is -0.126. The molecule has 2 N–H and O–H groups in total. The van der Waals surface area contributed by atoms with Gasteiger partial charge in [-0.15, -0.1) is 0 Å². The number of hydrogen-bond donors (Lipinski definition) is 2. The molecule has 1 unspecified atom stereocenters. The van der Waals surface area contributed by atoms with E-state index in [1.165, 1.54) is 19.3 Å². The monoisotopic (exact) mass is 254 g/mol. The fraction of sp³-hybridized carbons (Fsp3) is 0.923. The summed E-state index contributed by atoms with van der Waals surface area (Å²) < 4.78 is 0. The van der Waals surface area contributed by atoms with Crippen molar-refractivity contribution < 1.29 is 4.79 Å². The third-order valence-electron chi connectivity index (χ3n) is 3.92. The molecule has 2 saturated heterocycles. The maximum Gasteiger partial charge on any atom is 0.234 e. The molecule has 2 heterocycles. The molecule has 18 heavy (non-hydrogen) atoms. The molecule has 2 fully saturated rings. The van der Waals surface area contributed by atoms with Gasteiger partial charge in [0, 0.05) is 38.6 Å². The summed E-state index contributed by atoms with van der Waals surface area (Å²) in [4.78, 5) is 14.1. The molecule has 5 heteroatoms. The van der Waals surface area contributed by atoms with E-state index in [0.717, 1.165) is 39.1 Å². The van der Waals surface area contributed by atoms with Crippen LogP contribution in [-0.4, -0.2) is 61.6 Å². The molecule has 0 aliphatic carbocycles. The molecule has 0 aromatic heterocycles. The lowest BCUT2D eigenvalue weighted by Crippen LogP contribution is -2.52. The molecule has 104 valence electrons. The van der Waals surface area contributed by atoms with Crippen molar-refractivity contribution in [3.05, 3.63) is 0 Å². The van der Waals surface area contributed by atoms with Crippen LogP contribution in [0.2, 0.25) is 0 Å². The van der Waals surface area contributed by atoms with Gasteiger partial charge >= 0.3 is 0 Å². The van der Waals surface area contributed by atoms with Crippen LogP contribution in [0.3, 0.4) is 0 Å². The van der Waals surface area contributed by atoms with Gasteiger partial charge in [0.1, 0.15) is 0 Å². The maximum absolute atomic E-state index is 11.8. The van der Waals surface area contributed by atoms with E-state index in [1.54, 1.807) is 0 Å². The van der Waals surface area contributed by atoms with Crippen molar-refractivity contribution in [2.45, 2.75) is 38.1 Å². The number of rotatable bonds is 4. The van der Waals surface area contributed by atoms with Gasteiger partial charge in [-0.1, -0.05) is 6.42 Å². The van der Waals surface area contributed by atoms with Crippen LogP contribution in [0, 0.1) is 0 Å². The minimum atomic E-state index is 0.173. The highest BCUT2D eigenvalue weighted by atomic mass is 16.2. The van der Waals surface area contributed by atoms with Crippen molar-refractivity contribution in [3.8, 4) is 0 Å². The number of hydrazine groups is 1. The summed E-state index contributed by atoms with van der Waals surface area (Å²) in [5, 5.41) is 5.54. The molecule has 5 nitrogen and oxygen atoms in total. The number of nitrogens with one attached hydrogen (secondary N) is 2. The molecular weight excluding hydrogens is 228 g/mol. The number of piperazine rings is 1. The third-order valence-corrected chi connectivity index (χ3v) is 3.92. The number of hydrogen-bond acceptors (Lipinski definition) is 4. The van der Waals surface area contributed by atoms with Gasteiger partial charge in [0.25, 0.3) is 0 Å². The molecule has 0 aromatic rings. The summed E-state index contributed by atoms with van der Waals surface area (Å²) in [5.74, 6) is 0.173. The Labute approximate surface area is 110 Å². The zero-order valence-electron chi connectivity index (χ0n) is 11.5. The second-order valence-electron chi connectivity index (χ2n) is 5.51.